The Labute approximate surface area is 98.6 Å². The van der Waals surface area contributed by atoms with Crippen LogP contribution in [0.3, 0.4) is 0 Å². The molecule has 4 heteroatoms. The van der Waals surface area contributed by atoms with Crippen molar-refractivity contribution < 1.29 is 18.3 Å². The molecular weight excluding hydrogens is 226 g/mol. The first kappa shape index (κ1) is 12.2. The van der Waals surface area contributed by atoms with Crippen molar-refractivity contribution in [2.24, 2.45) is 0 Å². The van der Waals surface area contributed by atoms with E-state index in [2.05, 4.69) is 0 Å². The fourth-order valence-corrected chi connectivity index (χ4v) is 2.01. The van der Waals surface area contributed by atoms with E-state index in [1.807, 2.05) is 6.92 Å². The standard InChI is InChI=1S/C13H14F2O2/c1-8-2-5-13(17-8)12(16)6-9-3-4-10(14)7-11(9)15/h3-4,7-8,13H,2,5-6H2,1H3. The molecule has 0 aliphatic carbocycles. The van der Waals surface area contributed by atoms with Gasteiger partial charge in [0.15, 0.2) is 5.78 Å². The van der Waals surface area contributed by atoms with Crippen LogP contribution < -0.4 is 0 Å². The summed E-state index contributed by atoms with van der Waals surface area (Å²) in [6, 6.07) is 3.26. The van der Waals surface area contributed by atoms with E-state index in [0.29, 0.717) is 6.42 Å². The summed E-state index contributed by atoms with van der Waals surface area (Å²) in [6.07, 6.45) is 1.14. The molecule has 1 saturated heterocycles. The van der Waals surface area contributed by atoms with Gasteiger partial charge >= 0.3 is 0 Å². The highest BCUT2D eigenvalue weighted by atomic mass is 19.1. The minimum Gasteiger partial charge on any atom is -0.367 e. The number of halogens is 2. The molecule has 0 saturated carbocycles. The van der Waals surface area contributed by atoms with Gasteiger partial charge in [-0.2, -0.15) is 0 Å². The molecule has 0 N–H and O–H groups in total. The number of hydrogen-bond acceptors (Lipinski definition) is 2. The third-order valence-electron chi connectivity index (χ3n) is 2.97. The van der Waals surface area contributed by atoms with Crippen molar-refractivity contribution in [3.8, 4) is 0 Å². The SMILES string of the molecule is CC1CCC(C(=O)Cc2ccc(F)cc2F)O1. The van der Waals surface area contributed by atoms with E-state index in [4.69, 9.17) is 4.74 Å². The Hall–Kier alpha value is -1.29. The molecule has 0 radical (unpaired) electrons. The zero-order valence-electron chi connectivity index (χ0n) is 9.58. The van der Waals surface area contributed by atoms with E-state index < -0.39 is 17.7 Å². The molecule has 0 bridgehead atoms. The third-order valence-corrected chi connectivity index (χ3v) is 2.97. The lowest BCUT2D eigenvalue weighted by Gasteiger charge is -2.10. The highest BCUT2D eigenvalue weighted by Crippen LogP contribution is 2.21. The Morgan fingerprint density at radius 2 is 2.18 bits per heavy atom. The Morgan fingerprint density at radius 3 is 2.76 bits per heavy atom. The summed E-state index contributed by atoms with van der Waals surface area (Å²) in [4.78, 5) is 11.8. The molecule has 92 valence electrons. The van der Waals surface area contributed by atoms with E-state index in [1.165, 1.54) is 6.07 Å². The van der Waals surface area contributed by atoms with E-state index >= 15 is 0 Å². The highest BCUT2D eigenvalue weighted by Gasteiger charge is 2.28. The molecule has 2 nitrogen and oxygen atoms in total. The summed E-state index contributed by atoms with van der Waals surface area (Å²) in [5.41, 5.74) is 0.222. The van der Waals surface area contributed by atoms with Gasteiger partial charge in [-0.1, -0.05) is 6.07 Å². The van der Waals surface area contributed by atoms with Crippen LogP contribution in [0.5, 0.6) is 0 Å². The molecule has 1 aromatic carbocycles. The summed E-state index contributed by atoms with van der Waals surface area (Å²) in [5, 5.41) is 0. The molecule has 2 rings (SSSR count). The highest BCUT2D eigenvalue weighted by molar-refractivity contribution is 5.85. The summed E-state index contributed by atoms with van der Waals surface area (Å²) in [7, 11) is 0. The van der Waals surface area contributed by atoms with Crippen molar-refractivity contribution in [3.05, 3.63) is 35.4 Å². The Kier molecular flexibility index (Phi) is 3.52. The molecule has 1 fully saturated rings. The predicted octanol–water partition coefficient (Wildman–Crippen LogP) is 2.64. The van der Waals surface area contributed by atoms with E-state index in [-0.39, 0.29) is 23.9 Å². The summed E-state index contributed by atoms with van der Waals surface area (Å²) in [5.74, 6) is -1.45. The van der Waals surface area contributed by atoms with Gasteiger partial charge in [-0.05, 0) is 31.4 Å². The van der Waals surface area contributed by atoms with Gasteiger partial charge < -0.3 is 4.74 Å². The van der Waals surface area contributed by atoms with Crippen LogP contribution in [0.4, 0.5) is 8.78 Å². The van der Waals surface area contributed by atoms with Gasteiger partial charge in [-0.25, -0.2) is 8.78 Å². The Balaban J connectivity index is 2.03. The van der Waals surface area contributed by atoms with Crippen LogP contribution in [-0.2, 0) is 16.0 Å². The normalized spacial score (nSPS) is 23.9. The first-order chi connectivity index (χ1) is 8.06. The molecule has 17 heavy (non-hydrogen) atoms. The molecule has 2 atom stereocenters. The van der Waals surface area contributed by atoms with Gasteiger partial charge in [-0.15, -0.1) is 0 Å². The minimum atomic E-state index is -0.676. The smallest absolute Gasteiger partial charge is 0.166 e. The van der Waals surface area contributed by atoms with Gasteiger partial charge in [-0.3, -0.25) is 4.79 Å². The van der Waals surface area contributed by atoms with Crippen molar-refractivity contribution in [1.29, 1.82) is 0 Å². The van der Waals surface area contributed by atoms with Gasteiger partial charge in [0.2, 0.25) is 0 Å². The maximum atomic E-state index is 13.3. The van der Waals surface area contributed by atoms with E-state index in [0.717, 1.165) is 18.6 Å². The zero-order chi connectivity index (χ0) is 12.4. The molecule has 1 aromatic rings. The fraction of sp³-hybridized carbons (Fsp3) is 0.462. The second kappa shape index (κ2) is 4.92. The van der Waals surface area contributed by atoms with E-state index in [9.17, 15) is 13.6 Å². The molecule has 0 amide bonds. The summed E-state index contributed by atoms with van der Waals surface area (Å²) >= 11 is 0. The van der Waals surface area contributed by atoms with Crippen molar-refractivity contribution in [1.82, 2.24) is 0 Å². The van der Waals surface area contributed by atoms with Crippen LogP contribution >= 0.6 is 0 Å². The lowest BCUT2D eigenvalue weighted by atomic mass is 10.0. The number of Topliss-reactive ketones (excluding diaryl/α,β-unsaturated/α-hetero) is 1. The first-order valence-electron chi connectivity index (χ1n) is 5.68. The van der Waals surface area contributed by atoms with Crippen LogP contribution in [0.25, 0.3) is 0 Å². The second-order valence-corrected chi connectivity index (χ2v) is 4.39. The van der Waals surface area contributed by atoms with Crippen LogP contribution in [-0.4, -0.2) is 18.0 Å². The van der Waals surface area contributed by atoms with Crippen molar-refractivity contribution in [3.63, 3.8) is 0 Å². The number of carbonyl (C=O) groups is 1. The third kappa shape index (κ3) is 2.88. The summed E-state index contributed by atoms with van der Waals surface area (Å²) < 4.78 is 31.4. The summed E-state index contributed by atoms with van der Waals surface area (Å²) in [6.45, 7) is 1.91. The van der Waals surface area contributed by atoms with Crippen molar-refractivity contribution >= 4 is 5.78 Å². The van der Waals surface area contributed by atoms with Crippen molar-refractivity contribution in [2.45, 2.75) is 38.4 Å². The topological polar surface area (TPSA) is 26.3 Å². The predicted molar refractivity (Wildman–Crippen MR) is 58.6 cm³/mol. The zero-order valence-corrected chi connectivity index (χ0v) is 9.58. The van der Waals surface area contributed by atoms with Crippen LogP contribution in [0.1, 0.15) is 25.3 Å². The van der Waals surface area contributed by atoms with Gasteiger partial charge in [0.05, 0.1) is 6.10 Å². The fourth-order valence-electron chi connectivity index (χ4n) is 2.01. The lowest BCUT2D eigenvalue weighted by molar-refractivity contribution is -0.128. The number of benzene rings is 1. The number of carbonyl (C=O) groups excluding carboxylic acids is 1. The minimum absolute atomic E-state index is 0.0382. The first-order valence-corrected chi connectivity index (χ1v) is 5.68. The largest absolute Gasteiger partial charge is 0.367 e. The van der Waals surface area contributed by atoms with Crippen LogP contribution in [0, 0.1) is 11.6 Å². The van der Waals surface area contributed by atoms with Gasteiger partial charge in [0, 0.05) is 12.5 Å². The monoisotopic (exact) mass is 240 g/mol. The van der Waals surface area contributed by atoms with Gasteiger partial charge in [0.25, 0.3) is 0 Å². The lowest BCUT2D eigenvalue weighted by Crippen LogP contribution is -2.23. The maximum Gasteiger partial charge on any atom is 0.166 e. The molecule has 0 aromatic heterocycles. The maximum absolute atomic E-state index is 13.3. The molecule has 1 aliphatic heterocycles. The molecule has 0 spiro atoms. The average Bonchev–Trinajstić information content (AvgIpc) is 2.69. The molecule has 1 aliphatic rings. The van der Waals surface area contributed by atoms with Gasteiger partial charge in [0.1, 0.15) is 17.7 Å². The average molecular weight is 240 g/mol. The molecular formula is C13H14F2O2. The van der Waals surface area contributed by atoms with Crippen LogP contribution in [0.2, 0.25) is 0 Å². The molecule has 1 heterocycles. The number of ether oxygens (including phenoxy) is 1. The quantitative estimate of drug-likeness (QED) is 0.811. The van der Waals surface area contributed by atoms with Crippen LogP contribution in [0.15, 0.2) is 18.2 Å². The Morgan fingerprint density at radius 1 is 1.41 bits per heavy atom. The second-order valence-electron chi connectivity index (χ2n) is 4.39. The number of hydrogen-bond donors (Lipinski definition) is 0. The van der Waals surface area contributed by atoms with E-state index in [1.54, 1.807) is 0 Å². The van der Waals surface area contributed by atoms with Crippen molar-refractivity contribution in [2.75, 3.05) is 0 Å². The number of rotatable bonds is 3. The molecule has 2 unspecified atom stereocenters. The number of ketones is 1. The Bertz CT molecular complexity index is 431.